The lowest BCUT2D eigenvalue weighted by Crippen LogP contribution is -2.02. The summed E-state index contributed by atoms with van der Waals surface area (Å²) in [6, 6.07) is 3.38. The number of aromatic nitrogens is 1. The fourth-order valence-corrected chi connectivity index (χ4v) is 1.63. The average molecular weight is 181 g/mol. The van der Waals surface area contributed by atoms with E-state index in [4.69, 9.17) is 4.74 Å². The highest BCUT2D eigenvalue weighted by molar-refractivity contribution is 5.19. The normalized spacial score (nSPS) is 22.2. The maximum atomic E-state index is 12.9. The van der Waals surface area contributed by atoms with Crippen LogP contribution in [0.4, 0.5) is 4.39 Å². The average Bonchev–Trinajstić information content (AvgIpc) is 2.53. The van der Waals surface area contributed by atoms with E-state index in [0.29, 0.717) is 6.61 Å². The molecule has 1 aliphatic rings. The molecule has 1 aliphatic heterocycles. The van der Waals surface area contributed by atoms with Crippen molar-refractivity contribution >= 4 is 0 Å². The zero-order chi connectivity index (χ0) is 9.26. The van der Waals surface area contributed by atoms with Crippen molar-refractivity contribution in [3.05, 3.63) is 29.3 Å². The monoisotopic (exact) mass is 181 g/mol. The molecular weight excluding hydrogens is 169 g/mol. The molecule has 0 aliphatic carbocycles. The molecule has 2 rings (SSSR count). The van der Waals surface area contributed by atoms with Gasteiger partial charge in [0, 0.05) is 18.2 Å². The predicted molar refractivity (Wildman–Crippen MR) is 47.1 cm³/mol. The van der Waals surface area contributed by atoms with E-state index in [1.54, 1.807) is 0 Å². The number of aryl methyl sites for hydroxylation is 1. The Balaban J connectivity index is 2.28. The summed E-state index contributed by atoms with van der Waals surface area (Å²) in [5.74, 6) is -0.101. The van der Waals surface area contributed by atoms with Crippen molar-refractivity contribution in [3.8, 4) is 0 Å². The highest BCUT2D eigenvalue weighted by Crippen LogP contribution is 2.24. The first-order valence-electron chi connectivity index (χ1n) is 4.47. The van der Waals surface area contributed by atoms with Crippen LogP contribution < -0.4 is 0 Å². The Bertz CT molecular complexity index is 288. The standard InChI is InChI=1S/C10H12FNO/c1-7-4-9(12-10(11)5-7)8-2-3-13-6-8/h4-5,8H,2-3,6H2,1H3. The third kappa shape index (κ3) is 1.86. The molecule has 0 N–H and O–H groups in total. The number of hydrogen-bond donors (Lipinski definition) is 0. The van der Waals surface area contributed by atoms with Crippen molar-refractivity contribution in [2.45, 2.75) is 19.3 Å². The zero-order valence-electron chi connectivity index (χ0n) is 7.59. The van der Waals surface area contributed by atoms with Gasteiger partial charge in [0.25, 0.3) is 0 Å². The summed E-state index contributed by atoms with van der Waals surface area (Å²) in [5, 5.41) is 0. The Labute approximate surface area is 76.7 Å². The number of pyridine rings is 1. The van der Waals surface area contributed by atoms with Crippen LogP contribution in [-0.4, -0.2) is 18.2 Å². The van der Waals surface area contributed by atoms with E-state index in [2.05, 4.69) is 4.98 Å². The minimum Gasteiger partial charge on any atom is -0.381 e. The summed E-state index contributed by atoms with van der Waals surface area (Å²) in [5.41, 5.74) is 1.75. The molecule has 2 nitrogen and oxygen atoms in total. The summed E-state index contributed by atoms with van der Waals surface area (Å²) in [6.45, 7) is 3.32. The van der Waals surface area contributed by atoms with Crippen LogP contribution in [0.15, 0.2) is 12.1 Å². The SMILES string of the molecule is Cc1cc(F)nc(C2CCOC2)c1. The van der Waals surface area contributed by atoms with E-state index in [1.165, 1.54) is 6.07 Å². The van der Waals surface area contributed by atoms with Crippen molar-refractivity contribution in [1.29, 1.82) is 0 Å². The second-order valence-electron chi connectivity index (χ2n) is 3.45. The second-order valence-corrected chi connectivity index (χ2v) is 3.45. The molecule has 1 saturated heterocycles. The summed E-state index contributed by atoms with van der Waals surface area (Å²) < 4.78 is 18.2. The minimum atomic E-state index is -0.387. The summed E-state index contributed by atoms with van der Waals surface area (Å²) >= 11 is 0. The molecule has 3 heteroatoms. The molecule has 1 aromatic heterocycles. The lowest BCUT2D eigenvalue weighted by atomic mass is 10.0. The topological polar surface area (TPSA) is 22.1 Å². The van der Waals surface area contributed by atoms with E-state index >= 15 is 0 Å². The van der Waals surface area contributed by atoms with E-state index in [0.717, 1.165) is 24.3 Å². The van der Waals surface area contributed by atoms with Crippen LogP contribution >= 0.6 is 0 Å². The molecule has 70 valence electrons. The fraction of sp³-hybridized carbons (Fsp3) is 0.500. The van der Waals surface area contributed by atoms with Crippen LogP contribution in [0.25, 0.3) is 0 Å². The van der Waals surface area contributed by atoms with Gasteiger partial charge in [-0.05, 0) is 31.0 Å². The molecule has 0 bridgehead atoms. The largest absolute Gasteiger partial charge is 0.381 e. The Kier molecular flexibility index (Phi) is 2.27. The number of rotatable bonds is 1. The van der Waals surface area contributed by atoms with Crippen LogP contribution in [0.2, 0.25) is 0 Å². The lowest BCUT2D eigenvalue weighted by molar-refractivity contribution is 0.193. The van der Waals surface area contributed by atoms with Crippen molar-refractivity contribution in [3.63, 3.8) is 0 Å². The van der Waals surface area contributed by atoms with Crippen LogP contribution in [0, 0.1) is 12.9 Å². The molecule has 0 amide bonds. The van der Waals surface area contributed by atoms with Gasteiger partial charge in [-0.3, -0.25) is 0 Å². The van der Waals surface area contributed by atoms with E-state index < -0.39 is 0 Å². The fourth-order valence-electron chi connectivity index (χ4n) is 1.63. The Morgan fingerprint density at radius 2 is 2.38 bits per heavy atom. The molecule has 1 unspecified atom stereocenters. The Morgan fingerprint density at radius 1 is 1.54 bits per heavy atom. The van der Waals surface area contributed by atoms with Crippen LogP contribution in [0.3, 0.4) is 0 Å². The predicted octanol–water partition coefficient (Wildman–Crippen LogP) is 2.03. The van der Waals surface area contributed by atoms with Crippen molar-refractivity contribution in [2.75, 3.05) is 13.2 Å². The quantitative estimate of drug-likeness (QED) is 0.618. The molecule has 13 heavy (non-hydrogen) atoms. The molecule has 0 aromatic carbocycles. The highest BCUT2D eigenvalue weighted by Gasteiger charge is 2.19. The number of halogens is 1. The zero-order valence-corrected chi connectivity index (χ0v) is 7.59. The van der Waals surface area contributed by atoms with Gasteiger partial charge in [-0.15, -0.1) is 0 Å². The van der Waals surface area contributed by atoms with Gasteiger partial charge in [-0.1, -0.05) is 0 Å². The van der Waals surface area contributed by atoms with E-state index in [9.17, 15) is 4.39 Å². The molecule has 2 heterocycles. The summed E-state index contributed by atoms with van der Waals surface area (Å²) in [6.07, 6.45) is 0.954. The first-order chi connectivity index (χ1) is 6.25. The van der Waals surface area contributed by atoms with Crippen LogP contribution in [0.5, 0.6) is 0 Å². The van der Waals surface area contributed by atoms with Gasteiger partial charge < -0.3 is 4.74 Å². The third-order valence-corrected chi connectivity index (χ3v) is 2.31. The molecule has 0 radical (unpaired) electrons. The summed E-state index contributed by atoms with van der Waals surface area (Å²) in [4.78, 5) is 3.87. The van der Waals surface area contributed by atoms with Gasteiger partial charge in [0.05, 0.1) is 6.61 Å². The first kappa shape index (κ1) is 8.63. The highest BCUT2D eigenvalue weighted by atomic mass is 19.1. The number of hydrogen-bond acceptors (Lipinski definition) is 2. The Morgan fingerprint density at radius 3 is 3.00 bits per heavy atom. The van der Waals surface area contributed by atoms with Gasteiger partial charge in [-0.25, -0.2) is 4.98 Å². The number of ether oxygens (including phenoxy) is 1. The molecule has 0 spiro atoms. The number of nitrogens with zero attached hydrogens (tertiary/aromatic N) is 1. The molecule has 1 atom stereocenters. The van der Waals surface area contributed by atoms with E-state index in [1.807, 2.05) is 13.0 Å². The lowest BCUT2D eigenvalue weighted by Gasteiger charge is -2.07. The molecular formula is C10H12FNO. The molecule has 0 saturated carbocycles. The van der Waals surface area contributed by atoms with Gasteiger partial charge in [-0.2, -0.15) is 4.39 Å². The van der Waals surface area contributed by atoms with Crippen molar-refractivity contribution in [1.82, 2.24) is 4.98 Å². The van der Waals surface area contributed by atoms with Gasteiger partial charge in [0.15, 0.2) is 0 Å². The maximum Gasteiger partial charge on any atom is 0.213 e. The van der Waals surface area contributed by atoms with Crippen molar-refractivity contribution < 1.29 is 9.13 Å². The third-order valence-electron chi connectivity index (χ3n) is 2.31. The minimum absolute atomic E-state index is 0.286. The van der Waals surface area contributed by atoms with Gasteiger partial charge in [0.1, 0.15) is 0 Å². The van der Waals surface area contributed by atoms with Crippen molar-refractivity contribution in [2.24, 2.45) is 0 Å². The van der Waals surface area contributed by atoms with Gasteiger partial charge >= 0.3 is 0 Å². The van der Waals surface area contributed by atoms with E-state index in [-0.39, 0.29) is 11.9 Å². The second kappa shape index (κ2) is 3.42. The molecule has 1 fully saturated rings. The van der Waals surface area contributed by atoms with Crippen LogP contribution in [0.1, 0.15) is 23.6 Å². The summed E-state index contributed by atoms with van der Waals surface area (Å²) in [7, 11) is 0. The maximum absolute atomic E-state index is 12.9. The first-order valence-corrected chi connectivity index (χ1v) is 4.47. The smallest absolute Gasteiger partial charge is 0.213 e. The van der Waals surface area contributed by atoms with Gasteiger partial charge in [0.2, 0.25) is 5.95 Å². The Hall–Kier alpha value is -0.960. The van der Waals surface area contributed by atoms with Crippen LogP contribution in [-0.2, 0) is 4.74 Å². The molecule has 1 aromatic rings.